The Morgan fingerprint density at radius 3 is 2.46 bits per heavy atom. The van der Waals surface area contributed by atoms with Crippen LogP contribution in [0.4, 0.5) is 4.79 Å². The van der Waals surface area contributed by atoms with Crippen LogP contribution < -0.4 is 0 Å². The van der Waals surface area contributed by atoms with E-state index in [-0.39, 0.29) is 18.6 Å². The minimum absolute atomic E-state index is 0.0277. The number of piperidine rings is 1. The fraction of sp³-hybridized carbons (Fsp3) is 0.333. The summed E-state index contributed by atoms with van der Waals surface area (Å²) < 4.78 is 15.1. The van der Waals surface area contributed by atoms with Gasteiger partial charge < -0.3 is 23.8 Å². The molecular weight excluding hydrogens is 580 g/mol. The van der Waals surface area contributed by atoms with Crippen LogP contribution in [0.2, 0.25) is 0 Å². The second-order valence-electron chi connectivity index (χ2n) is 12.0. The molecule has 2 aliphatic rings. The third-order valence-corrected chi connectivity index (χ3v) is 8.99. The van der Waals surface area contributed by atoms with Gasteiger partial charge >= 0.3 is 6.09 Å². The molecule has 2 fully saturated rings. The summed E-state index contributed by atoms with van der Waals surface area (Å²) in [5.74, 6) is 0.383. The highest BCUT2D eigenvalue weighted by atomic mass is 16.6. The minimum atomic E-state index is -0.256. The van der Waals surface area contributed by atoms with E-state index in [9.17, 15) is 9.59 Å². The van der Waals surface area contributed by atoms with Crippen LogP contribution in [0.25, 0.3) is 22.0 Å². The van der Waals surface area contributed by atoms with Crippen LogP contribution in [0.1, 0.15) is 34.5 Å². The lowest BCUT2D eigenvalue weighted by molar-refractivity contribution is 0.0303. The number of aromatic nitrogens is 4. The number of carbonyl (C=O) groups excluding carboxylic acids is 2. The Labute approximate surface area is 268 Å². The highest BCUT2D eigenvalue weighted by Crippen LogP contribution is 2.31. The summed E-state index contributed by atoms with van der Waals surface area (Å²) in [6.07, 6.45) is 7.15. The van der Waals surface area contributed by atoms with E-state index in [0.717, 1.165) is 47.0 Å². The Morgan fingerprint density at radius 1 is 0.870 bits per heavy atom. The Morgan fingerprint density at radius 2 is 1.63 bits per heavy atom. The number of imidazole rings is 1. The van der Waals surface area contributed by atoms with Gasteiger partial charge in [0, 0.05) is 44.5 Å². The van der Waals surface area contributed by atoms with Crippen LogP contribution in [0.5, 0.6) is 0 Å². The summed E-state index contributed by atoms with van der Waals surface area (Å²) in [7, 11) is 0. The Kier molecular flexibility index (Phi) is 8.78. The lowest BCUT2D eigenvalue weighted by Gasteiger charge is -2.31. The molecule has 46 heavy (non-hydrogen) atoms. The molecule has 7 rings (SSSR count). The number of hydrogen-bond donors (Lipinski definition) is 0. The van der Waals surface area contributed by atoms with Crippen molar-refractivity contribution in [1.82, 2.24) is 29.1 Å². The van der Waals surface area contributed by atoms with Crippen molar-refractivity contribution in [3.8, 4) is 11.3 Å². The van der Waals surface area contributed by atoms with Gasteiger partial charge in [0.1, 0.15) is 12.3 Å². The maximum absolute atomic E-state index is 13.8. The molecule has 0 bridgehead atoms. The molecule has 0 radical (unpaired) electrons. The molecule has 0 aliphatic carbocycles. The van der Waals surface area contributed by atoms with Crippen LogP contribution >= 0.6 is 0 Å². The number of rotatable bonds is 8. The maximum atomic E-state index is 13.8. The molecule has 0 spiro atoms. The van der Waals surface area contributed by atoms with E-state index < -0.39 is 0 Å². The first-order valence-corrected chi connectivity index (χ1v) is 16.0. The van der Waals surface area contributed by atoms with Crippen molar-refractivity contribution in [3.63, 3.8) is 0 Å². The molecular formula is C36H38N6O4. The summed E-state index contributed by atoms with van der Waals surface area (Å²) >= 11 is 0. The minimum Gasteiger partial charge on any atom is -0.445 e. The predicted octanol–water partition coefficient (Wildman–Crippen LogP) is 5.47. The molecule has 2 aliphatic heterocycles. The number of hydrogen-bond acceptors (Lipinski definition) is 6. The number of fused-ring (bicyclic) bond motifs is 1. The lowest BCUT2D eigenvalue weighted by Crippen LogP contribution is -2.40. The highest BCUT2D eigenvalue weighted by Gasteiger charge is 2.27. The Balaban J connectivity index is 1.05. The van der Waals surface area contributed by atoms with Crippen LogP contribution in [-0.2, 0) is 29.2 Å². The lowest BCUT2D eigenvalue weighted by atomic mass is 9.97. The van der Waals surface area contributed by atoms with E-state index in [0.29, 0.717) is 63.1 Å². The fourth-order valence-corrected chi connectivity index (χ4v) is 6.42. The molecule has 0 N–H and O–H groups in total. The fourth-order valence-electron chi connectivity index (χ4n) is 6.42. The quantitative estimate of drug-likeness (QED) is 0.229. The molecule has 4 heterocycles. The van der Waals surface area contributed by atoms with Gasteiger partial charge in [0.25, 0.3) is 5.91 Å². The molecule has 2 saturated heterocycles. The first kappa shape index (κ1) is 29.7. The summed E-state index contributed by atoms with van der Waals surface area (Å²) in [6, 6.07) is 24.1. The third kappa shape index (κ3) is 6.53. The van der Waals surface area contributed by atoms with E-state index in [2.05, 4.69) is 27.8 Å². The van der Waals surface area contributed by atoms with Crippen LogP contribution in [0.3, 0.4) is 0 Å². The van der Waals surface area contributed by atoms with Crippen molar-refractivity contribution in [2.45, 2.75) is 32.5 Å². The largest absolute Gasteiger partial charge is 0.445 e. The van der Waals surface area contributed by atoms with Crippen molar-refractivity contribution >= 4 is 22.8 Å². The van der Waals surface area contributed by atoms with Gasteiger partial charge in [0.15, 0.2) is 0 Å². The predicted molar refractivity (Wildman–Crippen MR) is 174 cm³/mol. The SMILES string of the molecule is O=C(OCc1ccccc1)N1CCC(Cn2cncc2Cn2cc(C(=O)N3CCOCC3)c(-c3cccc4ccccc34)n2)CC1. The first-order valence-electron chi connectivity index (χ1n) is 16.0. The van der Waals surface area contributed by atoms with Crippen LogP contribution in [0.15, 0.2) is 91.5 Å². The zero-order valence-corrected chi connectivity index (χ0v) is 25.8. The van der Waals surface area contributed by atoms with Crippen molar-refractivity contribution in [2.24, 2.45) is 5.92 Å². The van der Waals surface area contributed by atoms with E-state index in [1.807, 2.05) is 82.9 Å². The van der Waals surface area contributed by atoms with Crippen molar-refractivity contribution < 1.29 is 19.1 Å². The molecule has 5 aromatic rings. The van der Waals surface area contributed by atoms with E-state index in [1.54, 1.807) is 4.90 Å². The van der Waals surface area contributed by atoms with Gasteiger partial charge in [-0.3, -0.25) is 9.48 Å². The molecule has 2 aromatic heterocycles. The van der Waals surface area contributed by atoms with Crippen molar-refractivity contribution in [1.29, 1.82) is 0 Å². The molecule has 0 unspecified atom stereocenters. The molecule has 10 nitrogen and oxygen atoms in total. The average molecular weight is 619 g/mol. The summed E-state index contributed by atoms with van der Waals surface area (Å²) in [5.41, 5.74) is 4.22. The number of ether oxygens (including phenoxy) is 2. The average Bonchev–Trinajstić information content (AvgIpc) is 3.74. The Hall–Kier alpha value is -4.96. The second kappa shape index (κ2) is 13.6. The van der Waals surface area contributed by atoms with Crippen LogP contribution in [-0.4, -0.2) is 80.5 Å². The third-order valence-electron chi connectivity index (χ3n) is 8.99. The standard InChI is InChI=1S/C36H38N6O4/c43-35(39-17-19-45-20-18-39)33-24-42(38-34(33)32-12-6-10-29-9-4-5-11-31(29)32)23-30-21-37-26-41(30)22-27-13-15-40(16-14-27)36(44)46-25-28-7-2-1-3-8-28/h1-12,21,24,26-27H,13-20,22-23,25H2. The molecule has 10 heteroatoms. The summed E-state index contributed by atoms with van der Waals surface area (Å²) in [6.45, 7) is 5.12. The van der Waals surface area contributed by atoms with Gasteiger partial charge in [0.05, 0.1) is 43.5 Å². The van der Waals surface area contributed by atoms with Gasteiger partial charge in [-0.25, -0.2) is 9.78 Å². The van der Waals surface area contributed by atoms with Gasteiger partial charge in [-0.1, -0.05) is 72.8 Å². The van der Waals surface area contributed by atoms with Gasteiger partial charge in [-0.2, -0.15) is 5.10 Å². The molecule has 0 atom stereocenters. The normalized spacial score (nSPS) is 15.7. The number of amides is 2. The Bertz CT molecular complexity index is 1800. The van der Waals surface area contributed by atoms with Crippen LogP contribution in [0, 0.1) is 5.92 Å². The van der Waals surface area contributed by atoms with E-state index >= 15 is 0 Å². The zero-order valence-electron chi connectivity index (χ0n) is 25.8. The summed E-state index contributed by atoms with van der Waals surface area (Å²) in [5, 5.41) is 7.18. The maximum Gasteiger partial charge on any atom is 0.410 e. The smallest absolute Gasteiger partial charge is 0.410 e. The number of likely N-dealkylation sites (tertiary alicyclic amines) is 1. The van der Waals surface area contributed by atoms with Gasteiger partial charge in [-0.05, 0) is 35.1 Å². The topological polar surface area (TPSA) is 94.7 Å². The number of carbonyl (C=O) groups is 2. The number of nitrogens with zero attached hydrogens (tertiary/aromatic N) is 6. The second-order valence-corrected chi connectivity index (χ2v) is 12.0. The molecule has 0 saturated carbocycles. The van der Waals surface area contributed by atoms with Gasteiger partial charge in [-0.15, -0.1) is 0 Å². The van der Waals surface area contributed by atoms with Crippen molar-refractivity contribution in [3.05, 3.63) is 108 Å². The first-order chi connectivity index (χ1) is 22.6. The number of benzene rings is 3. The van der Waals surface area contributed by atoms with E-state index in [1.165, 1.54) is 0 Å². The molecule has 3 aromatic carbocycles. The molecule has 236 valence electrons. The van der Waals surface area contributed by atoms with E-state index in [4.69, 9.17) is 14.6 Å². The monoisotopic (exact) mass is 618 g/mol. The zero-order chi connectivity index (χ0) is 31.3. The van der Waals surface area contributed by atoms with Crippen molar-refractivity contribution in [2.75, 3.05) is 39.4 Å². The molecule has 2 amide bonds. The highest BCUT2D eigenvalue weighted by molar-refractivity contribution is 6.04. The summed E-state index contributed by atoms with van der Waals surface area (Å²) in [4.78, 5) is 34.6. The number of morpholine rings is 1. The van der Waals surface area contributed by atoms with Gasteiger partial charge in [0.2, 0.25) is 0 Å².